The van der Waals surface area contributed by atoms with Crippen molar-refractivity contribution in [1.82, 2.24) is 0 Å². The van der Waals surface area contributed by atoms with E-state index in [2.05, 4.69) is 31.2 Å². The lowest BCUT2D eigenvalue weighted by Crippen LogP contribution is -1.89. The van der Waals surface area contributed by atoms with Gasteiger partial charge in [-0.3, -0.25) is 4.79 Å². The van der Waals surface area contributed by atoms with E-state index in [1.807, 2.05) is 6.08 Å². The molecular formula is C20H34O2. The van der Waals surface area contributed by atoms with Gasteiger partial charge in [-0.25, -0.2) is 0 Å². The van der Waals surface area contributed by atoms with Crippen LogP contribution in [0.4, 0.5) is 0 Å². The van der Waals surface area contributed by atoms with E-state index in [-0.39, 0.29) is 6.42 Å². The predicted molar refractivity (Wildman–Crippen MR) is 96.1 cm³/mol. The molecule has 0 radical (unpaired) electrons. The van der Waals surface area contributed by atoms with Gasteiger partial charge >= 0.3 is 5.97 Å². The highest BCUT2D eigenvalue weighted by Gasteiger charge is 1.91. The maximum atomic E-state index is 10.3. The Bertz CT molecular complexity index is 327. The van der Waals surface area contributed by atoms with Crippen molar-refractivity contribution in [2.45, 2.75) is 84.0 Å². The van der Waals surface area contributed by atoms with Crippen molar-refractivity contribution in [1.29, 1.82) is 0 Å². The second-order valence-electron chi connectivity index (χ2n) is 5.70. The first kappa shape index (κ1) is 20.7. The lowest BCUT2D eigenvalue weighted by Gasteiger charge is -1.98. The Balaban J connectivity index is 3.18. The van der Waals surface area contributed by atoms with Crippen LogP contribution < -0.4 is 0 Å². The molecule has 0 rings (SSSR count). The van der Waals surface area contributed by atoms with Gasteiger partial charge in [0.2, 0.25) is 0 Å². The van der Waals surface area contributed by atoms with Crippen LogP contribution in [0.25, 0.3) is 0 Å². The van der Waals surface area contributed by atoms with Crippen LogP contribution in [0.5, 0.6) is 0 Å². The summed E-state index contributed by atoms with van der Waals surface area (Å²) in [6.07, 6.45) is 26.5. The maximum Gasteiger partial charge on any atom is 0.307 e. The van der Waals surface area contributed by atoms with Gasteiger partial charge in [-0.1, -0.05) is 62.6 Å². The fourth-order valence-electron chi connectivity index (χ4n) is 2.23. The molecular weight excluding hydrogens is 272 g/mol. The summed E-state index contributed by atoms with van der Waals surface area (Å²) in [7, 11) is 0. The Morgan fingerprint density at radius 1 is 0.682 bits per heavy atom. The predicted octanol–water partition coefficient (Wildman–Crippen LogP) is 6.44. The molecule has 0 aliphatic rings. The van der Waals surface area contributed by atoms with Crippen molar-refractivity contribution >= 4 is 5.97 Å². The van der Waals surface area contributed by atoms with Crippen LogP contribution in [0.15, 0.2) is 36.5 Å². The van der Waals surface area contributed by atoms with Gasteiger partial charge in [0.25, 0.3) is 0 Å². The quantitative estimate of drug-likeness (QED) is 0.279. The van der Waals surface area contributed by atoms with Crippen molar-refractivity contribution in [2.75, 3.05) is 0 Å². The Labute approximate surface area is 137 Å². The number of unbranched alkanes of at least 4 members (excludes halogenated alkanes) is 8. The number of aliphatic carboxylic acids is 1. The first-order valence-corrected chi connectivity index (χ1v) is 8.94. The summed E-state index contributed by atoms with van der Waals surface area (Å²) in [5.41, 5.74) is 0. The van der Waals surface area contributed by atoms with Gasteiger partial charge in [0.05, 0.1) is 6.42 Å². The second kappa shape index (κ2) is 17.7. The molecule has 0 saturated heterocycles. The van der Waals surface area contributed by atoms with E-state index < -0.39 is 5.97 Å². The van der Waals surface area contributed by atoms with Crippen LogP contribution >= 0.6 is 0 Å². The molecule has 126 valence electrons. The highest BCUT2D eigenvalue weighted by molar-refractivity contribution is 5.68. The minimum Gasteiger partial charge on any atom is -0.481 e. The fraction of sp³-hybridized carbons (Fsp3) is 0.650. The average Bonchev–Trinajstić information content (AvgIpc) is 2.50. The zero-order chi connectivity index (χ0) is 16.3. The molecule has 0 unspecified atom stereocenters. The largest absolute Gasteiger partial charge is 0.481 e. The number of allylic oxidation sites excluding steroid dienone is 5. The summed E-state index contributed by atoms with van der Waals surface area (Å²) in [4.78, 5) is 10.3. The van der Waals surface area contributed by atoms with Crippen molar-refractivity contribution in [3.63, 3.8) is 0 Å². The Kier molecular flexibility index (Phi) is 16.7. The van der Waals surface area contributed by atoms with Gasteiger partial charge in [0.1, 0.15) is 0 Å². The normalized spacial score (nSPS) is 12.0. The molecule has 0 aromatic rings. The van der Waals surface area contributed by atoms with E-state index in [0.717, 1.165) is 12.8 Å². The molecule has 2 nitrogen and oxygen atoms in total. The van der Waals surface area contributed by atoms with Crippen LogP contribution in [0.1, 0.15) is 84.0 Å². The van der Waals surface area contributed by atoms with Crippen LogP contribution in [-0.2, 0) is 4.79 Å². The summed E-state index contributed by atoms with van der Waals surface area (Å²) in [6, 6.07) is 0. The summed E-state index contributed by atoms with van der Waals surface area (Å²) in [5.74, 6) is -0.748. The SMILES string of the molecule is CC/C=C/CCC/C=C/CCCCCCC/C=C/CC(=O)O. The summed E-state index contributed by atoms with van der Waals surface area (Å²) < 4.78 is 0. The standard InChI is InChI=1S/C20H34O2/c1-2-3-4-5-6-7-8-9-10-11-12-13-14-15-16-17-18-19-20(21)22/h3-4,8-9,17-18H,2,5-7,10-16,19H2,1H3,(H,21,22)/b4-3+,9-8+,18-17+. The molecule has 0 aliphatic carbocycles. The van der Waals surface area contributed by atoms with Crippen molar-refractivity contribution in [2.24, 2.45) is 0 Å². The van der Waals surface area contributed by atoms with Crippen molar-refractivity contribution in [3.05, 3.63) is 36.5 Å². The zero-order valence-corrected chi connectivity index (χ0v) is 14.3. The van der Waals surface area contributed by atoms with Gasteiger partial charge in [-0.15, -0.1) is 0 Å². The molecule has 22 heavy (non-hydrogen) atoms. The van der Waals surface area contributed by atoms with E-state index >= 15 is 0 Å². The Hall–Kier alpha value is -1.31. The summed E-state index contributed by atoms with van der Waals surface area (Å²) in [5, 5.41) is 8.48. The van der Waals surface area contributed by atoms with E-state index in [1.54, 1.807) is 6.08 Å². The summed E-state index contributed by atoms with van der Waals surface area (Å²) in [6.45, 7) is 2.17. The fourth-order valence-corrected chi connectivity index (χ4v) is 2.23. The molecule has 0 saturated carbocycles. The number of hydrogen-bond donors (Lipinski definition) is 1. The van der Waals surface area contributed by atoms with Crippen LogP contribution in [0.2, 0.25) is 0 Å². The Morgan fingerprint density at radius 3 is 1.68 bits per heavy atom. The number of carboxylic acid groups (broad SMARTS) is 1. The molecule has 0 atom stereocenters. The minimum atomic E-state index is -0.748. The topological polar surface area (TPSA) is 37.3 Å². The Morgan fingerprint density at radius 2 is 1.14 bits per heavy atom. The smallest absolute Gasteiger partial charge is 0.307 e. The second-order valence-corrected chi connectivity index (χ2v) is 5.70. The lowest BCUT2D eigenvalue weighted by atomic mass is 10.1. The molecule has 2 heteroatoms. The van der Waals surface area contributed by atoms with E-state index in [9.17, 15) is 4.79 Å². The molecule has 0 aromatic carbocycles. The number of carbonyl (C=O) groups is 1. The van der Waals surface area contributed by atoms with E-state index in [1.165, 1.54) is 57.8 Å². The molecule has 0 aliphatic heterocycles. The van der Waals surface area contributed by atoms with E-state index in [0.29, 0.717) is 0 Å². The number of rotatable bonds is 15. The van der Waals surface area contributed by atoms with Crippen molar-refractivity contribution in [3.8, 4) is 0 Å². The first-order chi connectivity index (χ1) is 10.8. The molecule has 0 spiro atoms. The molecule has 0 aromatic heterocycles. The van der Waals surface area contributed by atoms with Gasteiger partial charge in [-0.05, 0) is 51.4 Å². The molecule has 1 N–H and O–H groups in total. The molecule has 0 amide bonds. The third-order valence-electron chi connectivity index (χ3n) is 3.51. The van der Waals surface area contributed by atoms with Crippen LogP contribution in [0, 0.1) is 0 Å². The molecule has 0 fully saturated rings. The summed E-state index contributed by atoms with van der Waals surface area (Å²) >= 11 is 0. The third-order valence-corrected chi connectivity index (χ3v) is 3.51. The lowest BCUT2D eigenvalue weighted by molar-refractivity contribution is -0.136. The highest BCUT2D eigenvalue weighted by Crippen LogP contribution is 2.08. The van der Waals surface area contributed by atoms with E-state index in [4.69, 9.17) is 5.11 Å². The van der Waals surface area contributed by atoms with Gasteiger partial charge in [0.15, 0.2) is 0 Å². The van der Waals surface area contributed by atoms with Crippen molar-refractivity contribution < 1.29 is 9.90 Å². The maximum absolute atomic E-state index is 10.3. The van der Waals surface area contributed by atoms with Crippen LogP contribution in [0.3, 0.4) is 0 Å². The monoisotopic (exact) mass is 306 g/mol. The number of hydrogen-bond acceptors (Lipinski definition) is 1. The minimum absolute atomic E-state index is 0.154. The third kappa shape index (κ3) is 18.7. The van der Waals surface area contributed by atoms with Gasteiger partial charge < -0.3 is 5.11 Å². The number of carboxylic acids is 1. The average molecular weight is 306 g/mol. The first-order valence-electron chi connectivity index (χ1n) is 8.94. The molecule has 0 heterocycles. The zero-order valence-electron chi connectivity index (χ0n) is 14.3. The molecule has 0 bridgehead atoms. The van der Waals surface area contributed by atoms with Crippen LogP contribution in [-0.4, -0.2) is 11.1 Å². The van der Waals surface area contributed by atoms with Gasteiger partial charge in [-0.2, -0.15) is 0 Å². The van der Waals surface area contributed by atoms with Gasteiger partial charge in [0, 0.05) is 0 Å². The highest BCUT2D eigenvalue weighted by atomic mass is 16.4.